The van der Waals surface area contributed by atoms with Crippen LogP contribution in [0, 0.1) is 0 Å². The molecule has 184 valence electrons. The lowest BCUT2D eigenvalue weighted by Crippen LogP contribution is -2.48. The minimum absolute atomic E-state index is 0. The van der Waals surface area contributed by atoms with Gasteiger partial charge in [0.25, 0.3) is 0 Å². The zero-order chi connectivity index (χ0) is 21.7. The van der Waals surface area contributed by atoms with Crippen molar-refractivity contribution in [2.75, 3.05) is 0 Å². The molecule has 0 saturated carbocycles. The lowest BCUT2D eigenvalue weighted by Gasteiger charge is -2.19. The van der Waals surface area contributed by atoms with Crippen molar-refractivity contribution in [2.24, 2.45) is 0 Å². The highest BCUT2D eigenvalue weighted by molar-refractivity contribution is 5.83. The minimum Gasteiger partial charge on any atom is -0.550 e. The molecule has 0 heterocycles. The first-order valence-electron chi connectivity index (χ1n) is 11.3. The van der Waals surface area contributed by atoms with Crippen molar-refractivity contribution in [3.05, 3.63) is 12.2 Å². The first kappa shape index (κ1) is 33.7. The molecule has 9 N–H and O–H groups in total. The van der Waals surface area contributed by atoms with Gasteiger partial charge in [-0.3, -0.25) is 4.79 Å². The number of nitrogens with one attached hydrogen (secondary N) is 1. The fraction of sp³-hybridized carbons (Fsp3) is 0.783. The second-order valence-corrected chi connectivity index (χ2v) is 7.68. The number of aliphatic carboxylic acids is 2. The van der Waals surface area contributed by atoms with E-state index in [1.54, 1.807) is 0 Å². The summed E-state index contributed by atoms with van der Waals surface area (Å²) < 4.78 is 0. The summed E-state index contributed by atoms with van der Waals surface area (Å²) in [5.74, 6) is -3.19. The molecule has 1 atom stereocenters. The lowest BCUT2D eigenvalue weighted by molar-refractivity contribution is -0.310. The van der Waals surface area contributed by atoms with Crippen LogP contribution in [0.4, 0.5) is 0 Å². The van der Waals surface area contributed by atoms with Crippen molar-refractivity contribution < 1.29 is 24.6 Å². The average Bonchev–Trinajstić information content (AvgIpc) is 2.67. The monoisotopic (exact) mass is 445 g/mol. The maximum Gasteiger partial charge on any atom is 0.220 e. The average molecular weight is 446 g/mol. The molecule has 8 heteroatoms. The van der Waals surface area contributed by atoms with Crippen molar-refractivity contribution in [3.8, 4) is 0 Å². The summed E-state index contributed by atoms with van der Waals surface area (Å²) in [6.07, 6.45) is 19.4. The lowest BCUT2D eigenvalue weighted by atomic mass is 10.1. The van der Waals surface area contributed by atoms with Gasteiger partial charge in [0, 0.05) is 12.4 Å². The third kappa shape index (κ3) is 24.2. The molecular formula is C23H47N3O5. The van der Waals surface area contributed by atoms with Gasteiger partial charge in [0.1, 0.15) is 0 Å². The van der Waals surface area contributed by atoms with E-state index in [0.29, 0.717) is 6.42 Å². The number of carbonyl (C=O) groups excluding carboxylic acids is 3. The van der Waals surface area contributed by atoms with Crippen LogP contribution in [0.2, 0.25) is 0 Å². The number of hydrogen-bond donors (Lipinski definition) is 3. The summed E-state index contributed by atoms with van der Waals surface area (Å²) in [5, 5.41) is 23.6. The van der Waals surface area contributed by atoms with Gasteiger partial charge in [0.15, 0.2) is 0 Å². The number of carbonyl (C=O) groups is 3. The molecule has 31 heavy (non-hydrogen) atoms. The molecule has 1 amide bonds. The second-order valence-electron chi connectivity index (χ2n) is 7.68. The Morgan fingerprint density at radius 1 is 0.742 bits per heavy atom. The van der Waals surface area contributed by atoms with E-state index < -0.39 is 24.4 Å². The maximum absolute atomic E-state index is 11.8. The van der Waals surface area contributed by atoms with Crippen LogP contribution in [0.1, 0.15) is 110 Å². The van der Waals surface area contributed by atoms with Gasteiger partial charge in [0.05, 0.1) is 12.0 Å². The molecule has 0 aromatic heterocycles. The smallest absolute Gasteiger partial charge is 0.220 e. The summed E-state index contributed by atoms with van der Waals surface area (Å²) in [5.41, 5.74) is 0. The van der Waals surface area contributed by atoms with Crippen LogP contribution in [0.3, 0.4) is 0 Å². The van der Waals surface area contributed by atoms with E-state index in [4.69, 9.17) is 0 Å². The Morgan fingerprint density at radius 3 is 1.71 bits per heavy atom. The molecular weight excluding hydrogens is 398 g/mol. The van der Waals surface area contributed by atoms with E-state index in [1.165, 1.54) is 44.9 Å². The van der Waals surface area contributed by atoms with E-state index in [0.717, 1.165) is 32.1 Å². The third-order valence-electron chi connectivity index (χ3n) is 4.92. The van der Waals surface area contributed by atoms with Gasteiger partial charge in [-0.2, -0.15) is 0 Å². The Balaban J connectivity index is -0.00000392. The van der Waals surface area contributed by atoms with Crippen LogP contribution >= 0.6 is 0 Å². The fourth-order valence-corrected chi connectivity index (χ4v) is 3.13. The summed E-state index contributed by atoms with van der Waals surface area (Å²) in [6, 6.07) is -1.27. The Morgan fingerprint density at radius 2 is 1.23 bits per heavy atom. The molecule has 0 aromatic carbocycles. The molecule has 0 fully saturated rings. The standard InChI is InChI=1S/C23H41NO5.2H3N/c1-2-3-4-5-6-7-8-9-10-11-12-13-14-15-16-17-21(25)24-20(23(28)29)18-19-22(26)27;;/h9-10,20H,2-8,11-19H2,1H3,(H,24,25)(H,26,27)(H,28,29);2*1H3/b10-9-;;/t20-;;/m0../s1. The number of carboxylic acid groups (broad SMARTS) is 2. The molecule has 8 nitrogen and oxygen atoms in total. The van der Waals surface area contributed by atoms with Crippen molar-refractivity contribution in [1.82, 2.24) is 17.6 Å². The van der Waals surface area contributed by atoms with Crippen molar-refractivity contribution in [2.45, 2.75) is 116 Å². The van der Waals surface area contributed by atoms with Crippen LogP contribution in [0.15, 0.2) is 12.2 Å². The van der Waals surface area contributed by atoms with E-state index in [2.05, 4.69) is 24.4 Å². The van der Waals surface area contributed by atoms with Crippen LogP contribution in [-0.2, 0) is 14.4 Å². The zero-order valence-corrected chi connectivity index (χ0v) is 20.1. The topological polar surface area (TPSA) is 182 Å². The quantitative estimate of drug-likeness (QED) is 0.191. The van der Waals surface area contributed by atoms with Crippen LogP contribution in [-0.4, -0.2) is 23.9 Å². The summed E-state index contributed by atoms with van der Waals surface area (Å²) >= 11 is 0. The number of hydrogen-bond acceptors (Lipinski definition) is 5. The molecule has 0 bridgehead atoms. The maximum atomic E-state index is 11.8. The van der Waals surface area contributed by atoms with Gasteiger partial charge in [-0.15, -0.1) is 0 Å². The molecule has 0 rings (SSSR count). The van der Waals surface area contributed by atoms with Crippen molar-refractivity contribution in [3.63, 3.8) is 0 Å². The van der Waals surface area contributed by atoms with Gasteiger partial charge < -0.3 is 37.4 Å². The Hall–Kier alpha value is -1.93. The van der Waals surface area contributed by atoms with Gasteiger partial charge in [-0.1, -0.05) is 70.4 Å². The number of carboxylic acids is 2. The first-order valence-corrected chi connectivity index (χ1v) is 11.3. The van der Waals surface area contributed by atoms with Crippen LogP contribution in [0.5, 0.6) is 0 Å². The molecule has 0 aliphatic carbocycles. The molecule has 0 aliphatic rings. The molecule has 0 unspecified atom stereocenters. The molecule has 0 radical (unpaired) electrons. The van der Waals surface area contributed by atoms with E-state index in [-0.39, 0.29) is 31.0 Å². The fourth-order valence-electron chi connectivity index (χ4n) is 3.13. The Bertz CT molecular complexity index is 484. The Labute approximate surface area is 188 Å². The van der Waals surface area contributed by atoms with Crippen LogP contribution < -0.4 is 27.8 Å². The van der Waals surface area contributed by atoms with E-state index in [1.807, 2.05) is 0 Å². The minimum atomic E-state index is -1.47. The summed E-state index contributed by atoms with van der Waals surface area (Å²) in [4.78, 5) is 33.1. The third-order valence-corrected chi connectivity index (χ3v) is 4.92. The zero-order valence-electron chi connectivity index (χ0n) is 20.1. The summed E-state index contributed by atoms with van der Waals surface area (Å²) in [7, 11) is 0. The number of unbranched alkanes of at least 4 members (excludes halogenated alkanes) is 11. The molecule has 0 spiro atoms. The van der Waals surface area contributed by atoms with Gasteiger partial charge in [-0.05, 0) is 44.9 Å². The molecule has 0 aliphatic heterocycles. The van der Waals surface area contributed by atoms with Crippen molar-refractivity contribution >= 4 is 17.8 Å². The van der Waals surface area contributed by atoms with E-state index in [9.17, 15) is 24.6 Å². The number of allylic oxidation sites excluding steroid dienone is 2. The highest BCUT2D eigenvalue weighted by atomic mass is 16.4. The normalized spacial score (nSPS) is 11.4. The van der Waals surface area contributed by atoms with Crippen molar-refractivity contribution in [1.29, 1.82) is 0 Å². The predicted molar refractivity (Wildman–Crippen MR) is 123 cm³/mol. The van der Waals surface area contributed by atoms with Crippen LogP contribution in [0.25, 0.3) is 0 Å². The highest BCUT2D eigenvalue weighted by Crippen LogP contribution is 2.10. The predicted octanol–water partition coefficient (Wildman–Crippen LogP) is 3.54. The number of amides is 1. The highest BCUT2D eigenvalue weighted by Gasteiger charge is 2.13. The SMILES string of the molecule is CCCCCCCC/C=C\CCCCCCCC(=O)N[C@@H](CCC(=O)[O-])C(=O)[O-].[NH4+].[NH4+]. The van der Waals surface area contributed by atoms with Gasteiger partial charge >= 0.3 is 0 Å². The first-order chi connectivity index (χ1) is 14.0. The second kappa shape index (κ2) is 24.3. The Kier molecular flexibility index (Phi) is 26.5. The number of rotatable bonds is 20. The molecule has 0 aromatic rings. The summed E-state index contributed by atoms with van der Waals surface area (Å²) in [6.45, 7) is 2.24. The van der Waals surface area contributed by atoms with E-state index >= 15 is 0 Å². The largest absolute Gasteiger partial charge is 0.550 e. The van der Waals surface area contributed by atoms with Gasteiger partial charge in [0.2, 0.25) is 5.91 Å². The van der Waals surface area contributed by atoms with Gasteiger partial charge in [-0.25, -0.2) is 0 Å². The number of quaternary nitrogens is 2. The molecule has 0 saturated heterocycles.